The largest absolute Gasteiger partial charge is 0.463 e. The van der Waals surface area contributed by atoms with Crippen LogP contribution in [-0.2, 0) is 20.7 Å². The van der Waals surface area contributed by atoms with Crippen molar-refractivity contribution in [2.45, 2.75) is 18.9 Å². The van der Waals surface area contributed by atoms with Crippen molar-refractivity contribution in [2.75, 3.05) is 40.9 Å². The first-order chi connectivity index (χ1) is 9.47. The molecule has 0 radical (unpaired) electrons. The SMILES string of the molecule is C[N+](C)(C)CCCOC(=O)[C@H]1OCCc2ccccc21. The molecule has 0 unspecified atom stereocenters. The fourth-order valence-electron chi connectivity index (χ4n) is 2.38. The smallest absolute Gasteiger partial charge is 0.339 e. The highest BCUT2D eigenvalue weighted by molar-refractivity contribution is 5.77. The summed E-state index contributed by atoms with van der Waals surface area (Å²) in [5, 5.41) is 0. The summed E-state index contributed by atoms with van der Waals surface area (Å²) < 4.78 is 11.8. The second kappa shape index (κ2) is 6.37. The Morgan fingerprint density at radius 1 is 1.35 bits per heavy atom. The standard InChI is InChI=1S/C16H24NO3/c1-17(2,3)10-6-11-20-16(18)15-14-8-5-4-7-13(14)9-12-19-15/h4-5,7-8,15H,6,9-12H2,1-3H3/q+1/t15-/m0/s1. The summed E-state index contributed by atoms with van der Waals surface area (Å²) in [5.41, 5.74) is 2.14. The maximum Gasteiger partial charge on any atom is 0.339 e. The number of carbonyl (C=O) groups is 1. The van der Waals surface area contributed by atoms with Gasteiger partial charge in [-0.1, -0.05) is 24.3 Å². The van der Waals surface area contributed by atoms with Crippen LogP contribution >= 0.6 is 0 Å². The van der Waals surface area contributed by atoms with Gasteiger partial charge in [-0.25, -0.2) is 4.79 Å². The molecule has 0 bridgehead atoms. The maximum absolute atomic E-state index is 12.1. The predicted octanol–water partition coefficient (Wildman–Crippen LogP) is 1.94. The van der Waals surface area contributed by atoms with E-state index in [9.17, 15) is 4.79 Å². The molecular weight excluding hydrogens is 254 g/mol. The monoisotopic (exact) mass is 278 g/mol. The summed E-state index contributed by atoms with van der Waals surface area (Å²) >= 11 is 0. The van der Waals surface area contributed by atoms with Crippen LogP contribution in [0, 0.1) is 0 Å². The van der Waals surface area contributed by atoms with E-state index >= 15 is 0 Å². The Kier molecular flexibility index (Phi) is 4.78. The van der Waals surface area contributed by atoms with Crippen molar-refractivity contribution >= 4 is 5.97 Å². The van der Waals surface area contributed by atoms with E-state index in [0.29, 0.717) is 13.2 Å². The lowest BCUT2D eigenvalue weighted by atomic mass is 9.98. The molecule has 0 saturated carbocycles. The fourth-order valence-corrected chi connectivity index (χ4v) is 2.38. The molecule has 4 heteroatoms. The Labute approximate surface area is 120 Å². The summed E-state index contributed by atoms with van der Waals surface area (Å²) in [6, 6.07) is 7.93. The third-order valence-electron chi connectivity index (χ3n) is 3.43. The lowest BCUT2D eigenvalue weighted by Gasteiger charge is -2.25. The van der Waals surface area contributed by atoms with E-state index in [1.807, 2.05) is 18.2 Å². The number of rotatable bonds is 5. The Balaban J connectivity index is 1.88. The Morgan fingerprint density at radius 3 is 2.85 bits per heavy atom. The van der Waals surface area contributed by atoms with Crippen molar-refractivity contribution in [2.24, 2.45) is 0 Å². The molecule has 4 nitrogen and oxygen atoms in total. The fraction of sp³-hybridized carbons (Fsp3) is 0.562. The molecule has 20 heavy (non-hydrogen) atoms. The van der Waals surface area contributed by atoms with Crippen LogP contribution in [0.3, 0.4) is 0 Å². The molecular formula is C16H24NO3+. The quantitative estimate of drug-likeness (QED) is 0.469. The third-order valence-corrected chi connectivity index (χ3v) is 3.43. The van der Waals surface area contributed by atoms with Crippen molar-refractivity contribution < 1.29 is 18.8 Å². The summed E-state index contributed by atoms with van der Waals surface area (Å²) in [4.78, 5) is 12.1. The minimum atomic E-state index is -0.552. The number of carbonyl (C=O) groups excluding carboxylic acids is 1. The first-order valence-electron chi connectivity index (χ1n) is 7.14. The molecule has 1 aliphatic rings. The molecule has 0 aromatic heterocycles. The van der Waals surface area contributed by atoms with E-state index in [4.69, 9.17) is 9.47 Å². The van der Waals surface area contributed by atoms with Gasteiger partial charge in [0.15, 0.2) is 6.10 Å². The second-order valence-corrected chi connectivity index (χ2v) is 6.23. The van der Waals surface area contributed by atoms with Gasteiger partial charge in [-0.05, 0) is 17.5 Å². The summed E-state index contributed by atoms with van der Waals surface area (Å²) in [7, 11) is 6.38. The molecule has 0 aliphatic carbocycles. The lowest BCUT2D eigenvalue weighted by Crippen LogP contribution is -2.36. The maximum atomic E-state index is 12.1. The highest BCUT2D eigenvalue weighted by atomic mass is 16.6. The Bertz CT molecular complexity index is 465. The lowest BCUT2D eigenvalue weighted by molar-refractivity contribution is -0.870. The molecule has 1 heterocycles. The Hall–Kier alpha value is -1.39. The van der Waals surface area contributed by atoms with E-state index in [2.05, 4.69) is 27.2 Å². The van der Waals surface area contributed by atoms with E-state index in [0.717, 1.165) is 29.4 Å². The van der Waals surface area contributed by atoms with Crippen molar-refractivity contribution in [3.05, 3.63) is 35.4 Å². The molecule has 0 N–H and O–H groups in total. The van der Waals surface area contributed by atoms with E-state index in [1.54, 1.807) is 0 Å². The average Bonchev–Trinajstić information content (AvgIpc) is 2.41. The van der Waals surface area contributed by atoms with Gasteiger partial charge >= 0.3 is 5.97 Å². The van der Waals surface area contributed by atoms with Gasteiger partial charge in [-0.15, -0.1) is 0 Å². The van der Waals surface area contributed by atoms with Gasteiger partial charge in [-0.3, -0.25) is 0 Å². The number of benzene rings is 1. The van der Waals surface area contributed by atoms with Gasteiger partial charge in [0.05, 0.1) is 40.9 Å². The molecule has 2 rings (SSSR count). The number of esters is 1. The number of hydrogen-bond acceptors (Lipinski definition) is 3. The molecule has 110 valence electrons. The zero-order chi connectivity index (χ0) is 14.6. The van der Waals surface area contributed by atoms with E-state index < -0.39 is 6.10 Å². The van der Waals surface area contributed by atoms with Crippen molar-refractivity contribution in [1.29, 1.82) is 0 Å². The molecule has 1 aromatic carbocycles. The average molecular weight is 278 g/mol. The Morgan fingerprint density at radius 2 is 2.10 bits per heavy atom. The summed E-state index contributed by atoms with van der Waals surface area (Å²) in [6.45, 7) is 2.02. The molecule has 1 atom stereocenters. The van der Waals surface area contributed by atoms with Gasteiger partial charge in [-0.2, -0.15) is 0 Å². The molecule has 0 amide bonds. The topological polar surface area (TPSA) is 35.5 Å². The number of fused-ring (bicyclic) bond motifs is 1. The van der Waals surface area contributed by atoms with Crippen LogP contribution in [0.5, 0.6) is 0 Å². The highest BCUT2D eigenvalue weighted by Gasteiger charge is 2.28. The van der Waals surface area contributed by atoms with Crippen LogP contribution in [0.4, 0.5) is 0 Å². The minimum absolute atomic E-state index is 0.265. The van der Waals surface area contributed by atoms with E-state index in [1.165, 1.54) is 5.56 Å². The van der Waals surface area contributed by atoms with Gasteiger partial charge in [0.25, 0.3) is 0 Å². The van der Waals surface area contributed by atoms with Crippen LogP contribution in [0.25, 0.3) is 0 Å². The van der Waals surface area contributed by atoms with Gasteiger partial charge < -0.3 is 14.0 Å². The first-order valence-corrected chi connectivity index (χ1v) is 7.14. The number of nitrogens with zero attached hydrogens (tertiary/aromatic N) is 1. The predicted molar refractivity (Wildman–Crippen MR) is 77.3 cm³/mol. The summed E-state index contributed by atoms with van der Waals surface area (Å²) in [6.07, 6.45) is 1.18. The normalized spacial score (nSPS) is 18.4. The number of ether oxygens (including phenoxy) is 2. The zero-order valence-corrected chi connectivity index (χ0v) is 12.6. The number of hydrogen-bond donors (Lipinski definition) is 0. The second-order valence-electron chi connectivity index (χ2n) is 6.23. The van der Waals surface area contributed by atoms with Crippen molar-refractivity contribution in [3.8, 4) is 0 Å². The van der Waals surface area contributed by atoms with E-state index in [-0.39, 0.29) is 5.97 Å². The van der Waals surface area contributed by atoms with Gasteiger partial charge in [0.2, 0.25) is 0 Å². The zero-order valence-electron chi connectivity index (χ0n) is 12.6. The number of quaternary nitrogens is 1. The molecule has 0 fully saturated rings. The highest BCUT2D eigenvalue weighted by Crippen LogP contribution is 2.27. The van der Waals surface area contributed by atoms with Gasteiger partial charge in [0.1, 0.15) is 0 Å². The molecule has 1 aromatic rings. The van der Waals surface area contributed by atoms with Crippen LogP contribution < -0.4 is 0 Å². The van der Waals surface area contributed by atoms with Crippen molar-refractivity contribution in [1.82, 2.24) is 0 Å². The van der Waals surface area contributed by atoms with Crippen molar-refractivity contribution in [3.63, 3.8) is 0 Å². The van der Waals surface area contributed by atoms with Crippen LogP contribution in [0.2, 0.25) is 0 Å². The van der Waals surface area contributed by atoms with Crippen LogP contribution in [0.1, 0.15) is 23.7 Å². The molecule has 0 saturated heterocycles. The molecule has 0 spiro atoms. The van der Waals surface area contributed by atoms with Crippen LogP contribution in [0.15, 0.2) is 24.3 Å². The third kappa shape index (κ3) is 4.05. The minimum Gasteiger partial charge on any atom is -0.463 e. The van der Waals surface area contributed by atoms with Gasteiger partial charge in [0, 0.05) is 6.42 Å². The first kappa shape index (κ1) is 15.0. The summed E-state index contributed by atoms with van der Waals surface area (Å²) in [5.74, 6) is -0.265. The van der Waals surface area contributed by atoms with Crippen LogP contribution in [-0.4, -0.2) is 51.4 Å². The molecule has 1 aliphatic heterocycles.